The molecule has 0 fully saturated rings. The maximum atomic E-state index is 5.31. The van der Waals surface area contributed by atoms with Gasteiger partial charge in [0, 0.05) is 5.38 Å². The molecular weight excluding hydrogens is 236 g/mol. The highest BCUT2D eigenvalue weighted by Crippen LogP contribution is 2.41. The molecule has 0 unspecified atom stereocenters. The lowest BCUT2D eigenvalue weighted by Crippen LogP contribution is -2.09. The van der Waals surface area contributed by atoms with Gasteiger partial charge in [-0.15, -0.1) is 11.3 Å². The Morgan fingerprint density at radius 3 is 2.33 bits per heavy atom. The molecule has 0 aromatic carbocycles. The van der Waals surface area contributed by atoms with Crippen LogP contribution in [0.2, 0.25) is 0 Å². The fraction of sp³-hybridized carbons (Fsp3) is 0.556. The molecule has 0 saturated heterocycles. The largest absolute Gasteiger partial charge is 0.494 e. The van der Waals surface area contributed by atoms with E-state index in [1.165, 1.54) is 4.88 Å². The molecule has 0 spiro atoms. The third-order valence-electron chi connectivity index (χ3n) is 1.59. The zero-order valence-electron chi connectivity index (χ0n) is 7.77. The minimum atomic E-state index is 0.169. The van der Waals surface area contributed by atoms with Crippen LogP contribution in [0, 0.1) is 0 Å². The molecule has 0 atom stereocenters. The number of halogens is 1. The summed E-state index contributed by atoms with van der Waals surface area (Å²) < 4.78 is 6.36. The van der Waals surface area contributed by atoms with E-state index in [0.29, 0.717) is 0 Å². The van der Waals surface area contributed by atoms with Crippen molar-refractivity contribution in [2.24, 2.45) is 0 Å². The van der Waals surface area contributed by atoms with Crippen LogP contribution in [0.1, 0.15) is 25.6 Å². The first kappa shape index (κ1) is 10.1. The Morgan fingerprint density at radius 1 is 1.42 bits per heavy atom. The number of thiophene rings is 1. The molecule has 0 aliphatic heterocycles. The molecule has 1 aromatic heterocycles. The average molecular weight is 249 g/mol. The molecule has 0 radical (unpaired) electrons. The van der Waals surface area contributed by atoms with Gasteiger partial charge in [-0.1, -0.05) is 20.8 Å². The van der Waals surface area contributed by atoms with E-state index >= 15 is 0 Å². The number of hydrogen-bond acceptors (Lipinski definition) is 2. The van der Waals surface area contributed by atoms with Gasteiger partial charge in [0.25, 0.3) is 0 Å². The highest BCUT2D eigenvalue weighted by molar-refractivity contribution is 9.10. The van der Waals surface area contributed by atoms with Crippen molar-refractivity contribution >= 4 is 27.3 Å². The lowest BCUT2D eigenvalue weighted by molar-refractivity contribution is 0.399. The van der Waals surface area contributed by atoms with E-state index in [-0.39, 0.29) is 5.41 Å². The number of rotatable bonds is 1. The summed E-state index contributed by atoms with van der Waals surface area (Å²) in [6, 6.07) is 0. The van der Waals surface area contributed by atoms with Gasteiger partial charge in [0.1, 0.15) is 5.75 Å². The molecule has 1 heterocycles. The monoisotopic (exact) mass is 248 g/mol. The van der Waals surface area contributed by atoms with Crippen molar-refractivity contribution in [2.75, 3.05) is 7.11 Å². The normalized spacial score (nSPS) is 11.8. The van der Waals surface area contributed by atoms with Crippen LogP contribution in [-0.4, -0.2) is 7.11 Å². The van der Waals surface area contributed by atoms with Crippen molar-refractivity contribution in [2.45, 2.75) is 26.2 Å². The highest BCUT2D eigenvalue weighted by Gasteiger charge is 2.22. The van der Waals surface area contributed by atoms with Gasteiger partial charge in [-0.25, -0.2) is 0 Å². The minimum Gasteiger partial charge on any atom is -0.494 e. The summed E-state index contributed by atoms with van der Waals surface area (Å²) in [5, 5.41) is 2.07. The molecule has 0 bridgehead atoms. The van der Waals surface area contributed by atoms with E-state index in [1.54, 1.807) is 18.4 Å². The Balaban J connectivity index is 3.16. The maximum Gasteiger partial charge on any atom is 0.147 e. The second-order valence-corrected chi connectivity index (χ2v) is 5.43. The Labute approximate surface area is 85.9 Å². The molecule has 0 saturated carbocycles. The fourth-order valence-corrected chi connectivity index (χ4v) is 2.79. The van der Waals surface area contributed by atoms with Gasteiger partial charge < -0.3 is 4.74 Å². The van der Waals surface area contributed by atoms with Gasteiger partial charge in [0.2, 0.25) is 0 Å². The van der Waals surface area contributed by atoms with Crippen LogP contribution in [0.15, 0.2) is 9.85 Å². The lowest BCUT2D eigenvalue weighted by Gasteiger charge is -2.17. The first-order valence-electron chi connectivity index (χ1n) is 3.78. The van der Waals surface area contributed by atoms with Crippen molar-refractivity contribution in [1.82, 2.24) is 0 Å². The van der Waals surface area contributed by atoms with Crippen molar-refractivity contribution in [3.63, 3.8) is 0 Å². The van der Waals surface area contributed by atoms with Crippen molar-refractivity contribution in [3.8, 4) is 5.75 Å². The summed E-state index contributed by atoms with van der Waals surface area (Å²) in [5.41, 5.74) is 0.169. The summed E-state index contributed by atoms with van der Waals surface area (Å²) in [5.74, 6) is 0.979. The van der Waals surface area contributed by atoms with E-state index in [1.807, 2.05) is 0 Å². The van der Waals surface area contributed by atoms with Crippen LogP contribution < -0.4 is 4.74 Å². The van der Waals surface area contributed by atoms with Crippen LogP contribution in [-0.2, 0) is 5.41 Å². The molecule has 1 aromatic rings. The zero-order chi connectivity index (χ0) is 9.35. The second kappa shape index (κ2) is 3.38. The topological polar surface area (TPSA) is 9.23 Å². The smallest absolute Gasteiger partial charge is 0.147 e. The molecular formula is C9H13BrOS. The summed E-state index contributed by atoms with van der Waals surface area (Å²) in [6.45, 7) is 6.56. The fourth-order valence-electron chi connectivity index (χ4n) is 1.03. The van der Waals surface area contributed by atoms with E-state index in [0.717, 1.165) is 10.2 Å². The standard InChI is InChI=1S/C9H13BrOS/c1-9(2,3)8-7(11-4)6(10)5-12-8/h5H,1-4H3. The van der Waals surface area contributed by atoms with Crippen molar-refractivity contribution < 1.29 is 4.74 Å². The molecule has 0 N–H and O–H groups in total. The van der Waals surface area contributed by atoms with Crippen LogP contribution in [0.4, 0.5) is 0 Å². The molecule has 68 valence electrons. The number of methoxy groups -OCH3 is 1. The predicted octanol–water partition coefficient (Wildman–Crippen LogP) is 3.82. The Bertz CT molecular complexity index is 273. The summed E-state index contributed by atoms with van der Waals surface area (Å²) in [4.78, 5) is 1.29. The van der Waals surface area contributed by atoms with Gasteiger partial charge >= 0.3 is 0 Å². The minimum absolute atomic E-state index is 0.169. The Hall–Kier alpha value is -0.0200. The summed E-state index contributed by atoms with van der Waals surface area (Å²) in [7, 11) is 1.71. The second-order valence-electron chi connectivity index (χ2n) is 3.70. The van der Waals surface area contributed by atoms with Gasteiger partial charge in [0.15, 0.2) is 0 Å². The first-order valence-corrected chi connectivity index (χ1v) is 5.45. The summed E-state index contributed by atoms with van der Waals surface area (Å²) in [6.07, 6.45) is 0. The van der Waals surface area contributed by atoms with Gasteiger partial charge in [-0.2, -0.15) is 0 Å². The Kier molecular flexibility index (Phi) is 2.84. The van der Waals surface area contributed by atoms with Crippen molar-refractivity contribution in [1.29, 1.82) is 0 Å². The van der Waals surface area contributed by atoms with Gasteiger partial charge in [-0.05, 0) is 21.3 Å². The maximum absolute atomic E-state index is 5.31. The highest BCUT2D eigenvalue weighted by atomic mass is 79.9. The quantitative estimate of drug-likeness (QED) is 0.735. The van der Waals surface area contributed by atoms with E-state index in [4.69, 9.17) is 4.74 Å². The third-order valence-corrected chi connectivity index (χ3v) is 3.87. The number of hydrogen-bond donors (Lipinski definition) is 0. The molecule has 12 heavy (non-hydrogen) atoms. The van der Waals surface area contributed by atoms with E-state index in [2.05, 4.69) is 42.1 Å². The summed E-state index contributed by atoms with van der Waals surface area (Å²) >= 11 is 5.19. The van der Waals surface area contributed by atoms with E-state index < -0.39 is 0 Å². The van der Waals surface area contributed by atoms with Gasteiger partial charge in [-0.3, -0.25) is 0 Å². The molecule has 0 aliphatic carbocycles. The lowest BCUT2D eigenvalue weighted by atomic mass is 9.94. The van der Waals surface area contributed by atoms with Gasteiger partial charge in [0.05, 0.1) is 16.5 Å². The van der Waals surface area contributed by atoms with E-state index in [9.17, 15) is 0 Å². The Morgan fingerprint density at radius 2 is 2.00 bits per heavy atom. The molecule has 0 aliphatic rings. The third kappa shape index (κ3) is 1.83. The predicted molar refractivity (Wildman–Crippen MR) is 57.3 cm³/mol. The SMILES string of the molecule is COc1c(Br)csc1C(C)(C)C. The zero-order valence-corrected chi connectivity index (χ0v) is 10.2. The molecule has 3 heteroatoms. The number of ether oxygens (including phenoxy) is 1. The van der Waals surface area contributed by atoms with Crippen molar-refractivity contribution in [3.05, 3.63) is 14.7 Å². The van der Waals surface area contributed by atoms with Crippen LogP contribution in [0.3, 0.4) is 0 Å². The molecule has 1 rings (SSSR count). The van der Waals surface area contributed by atoms with Crippen LogP contribution >= 0.6 is 27.3 Å². The molecule has 1 nitrogen and oxygen atoms in total. The van der Waals surface area contributed by atoms with Crippen LogP contribution in [0.5, 0.6) is 5.75 Å². The van der Waals surface area contributed by atoms with Crippen LogP contribution in [0.25, 0.3) is 0 Å². The first-order chi connectivity index (χ1) is 5.46. The molecule has 0 amide bonds. The average Bonchev–Trinajstić information content (AvgIpc) is 2.29.